The fourth-order valence-corrected chi connectivity index (χ4v) is 2.39. The van der Waals surface area contributed by atoms with Gasteiger partial charge in [-0.3, -0.25) is 4.40 Å². The molecule has 0 N–H and O–H groups in total. The summed E-state index contributed by atoms with van der Waals surface area (Å²) in [7, 11) is 1.46. The highest BCUT2D eigenvalue weighted by Gasteiger charge is 2.39. The number of imidazole rings is 1. The molecule has 0 atom stereocenters. The number of pyridine rings is 1. The maximum Gasteiger partial charge on any atom is 0.435 e. The van der Waals surface area contributed by atoms with Gasteiger partial charge in [-0.15, -0.1) is 0 Å². The summed E-state index contributed by atoms with van der Waals surface area (Å²) in [6.07, 6.45) is 0.231. The number of nitrogens with zero attached hydrogens (tertiary/aromatic N) is 5. The molecule has 0 spiro atoms. The van der Waals surface area contributed by atoms with Crippen LogP contribution in [0.3, 0.4) is 0 Å². The van der Waals surface area contributed by atoms with E-state index in [2.05, 4.69) is 19.9 Å². The lowest BCUT2D eigenvalue weighted by molar-refractivity contribution is -0.140. The van der Waals surface area contributed by atoms with E-state index in [-0.39, 0.29) is 29.0 Å². The fraction of sp³-hybridized carbons (Fsp3) is 0.125. The number of alkyl halides is 3. The maximum atomic E-state index is 13.4. The third kappa shape index (κ3) is 3.14. The second-order valence-electron chi connectivity index (χ2n) is 5.23. The Balaban J connectivity index is 1.72. The van der Waals surface area contributed by atoms with Crippen LogP contribution in [0, 0.1) is 0 Å². The van der Waals surface area contributed by atoms with Crippen molar-refractivity contribution in [1.29, 1.82) is 0 Å². The molecule has 0 aliphatic heterocycles. The molecule has 4 heterocycles. The molecule has 0 aromatic carbocycles. The highest BCUT2D eigenvalue weighted by Crippen LogP contribution is 2.37. The highest BCUT2D eigenvalue weighted by molar-refractivity contribution is 5.62. The zero-order chi connectivity index (χ0) is 19.0. The number of hydrogen-bond donors (Lipinski definition) is 0. The van der Waals surface area contributed by atoms with E-state index < -0.39 is 11.9 Å². The minimum atomic E-state index is -4.69. The quantitative estimate of drug-likeness (QED) is 0.537. The van der Waals surface area contributed by atoms with E-state index in [1.165, 1.54) is 36.2 Å². The third-order valence-corrected chi connectivity index (χ3v) is 3.52. The highest BCUT2D eigenvalue weighted by atomic mass is 19.4. The van der Waals surface area contributed by atoms with Crippen molar-refractivity contribution in [2.45, 2.75) is 6.18 Å². The molecular weight excluding hydrogens is 367 g/mol. The van der Waals surface area contributed by atoms with Crippen LogP contribution in [0.5, 0.6) is 17.7 Å². The molecule has 4 aromatic rings. The first-order chi connectivity index (χ1) is 13.0. The van der Waals surface area contributed by atoms with E-state index >= 15 is 0 Å². The van der Waals surface area contributed by atoms with Gasteiger partial charge in [0, 0.05) is 18.5 Å². The van der Waals surface area contributed by atoms with Crippen LogP contribution in [0.4, 0.5) is 13.2 Å². The molecule has 0 unspecified atom stereocenters. The van der Waals surface area contributed by atoms with Crippen LogP contribution in [-0.4, -0.2) is 31.4 Å². The molecule has 0 aliphatic rings. The molecule has 0 bridgehead atoms. The Hall–Kier alpha value is -3.63. The van der Waals surface area contributed by atoms with Crippen LogP contribution in [0.1, 0.15) is 5.69 Å². The van der Waals surface area contributed by atoms with E-state index in [0.717, 1.165) is 6.26 Å². The number of ether oxygens (including phenoxy) is 2. The molecule has 8 nitrogen and oxygen atoms in total. The van der Waals surface area contributed by atoms with Crippen molar-refractivity contribution in [3.8, 4) is 29.1 Å². The minimum Gasteiger partial charge on any atom is -0.481 e. The van der Waals surface area contributed by atoms with Gasteiger partial charge in [0.05, 0.1) is 13.3 Å². The summed E-state index contributed by atoms with van der Waals surface area (Å²) in [5, 5.41) is 0. The van der Waals surface area contributed by atoms with Gasteiger partial charge in [-0.25, -0.2) is 15.0 Å². The fourth-order valence-electron chi connectivity index (χ4n) is 2.39. The Morgan fingerprint density at radius 2 is 2.00 bits per heavy atom. The summed E-state index contributed by atoms with van der Waals surface area (Å²) in [4.78, 5) is 15.3. The third-order valence-electron chi connectivity index (χ3n) is 3.52. The van der Waals surface area contributed by atoms with Crippen molar-refractivity contribution < 1.29 is 27.1 Å². The largest absolute Gasteiger partial charge is 0.481 e. The molecule has 0 radical (unpaired) electrons. The Bertz CT molecular complexity index is 1090. The molecule has 0 saturated heterocycles. The Morgan fingerprint density at radius 1 is 1.15 bits per heavy atom. The van der Waals surface area contributed by atoms with E-state index in [0.29, 0.717) is 5.88 Å². The zero-order valence-corrected chi connectivity index (χ0v) is 13.6. The van der Waals surface area contributed by atoms with Gasteiger partial charge in [-0.1, -0.05) is 0 Å². The van der Waals surface area contributed by atoms with Crippen molar-refractivity contribution in [2.24, 2.45) is 0 Å². The lowest BCUT2D eigenvalue weighted by atomic mass is 10.2. The summed E-state index contributed by atoms with van der Waals surface area (Å²) in [6.45, 7) is 0. The van der Waals surface area contributed by atoms with Crippen molar-refractivity contribution in [2.75, 3.05) is 7.11 Å². The van der Waals surface area contributed by atoms with Gasteiger partial charge in [0.1, 0.15) is 17.7 Å². The van der Waals surface area contributed by atoms with Crippen LogP contribution >= 0.6 is 0 Å². The van der Waals surface area contributed by atoms with Gasteiger partial charge in [0.25, 0.3) is 0 Å². The van der Waals surface area contributed by atoms with Crippen molar-refractivity contribution >= 4 is 5.78 Å². The van der Waals surface area contributed by atoms with Gasteiger partial charge >= 0.3 is 12.3 Å². The van der Waals surface area contributed by atoms with Crippen LogP contribution < -0.4 is 9.47 Å². The minimum absolute atomic E-state index is 0.0979. The first-order valence-corrected chi connectivity index (χ1v) is 7.50. The lowest BCUT2D eigenvalue weighted by Gasteiger charge is -2.04. The summed E-state index contributed by atoms with van der Waals surface area (Å²) in [5.74, 6) is 0.549. The number of rotatable bonds is 4. The van der Waals surface area contributed by atoms with Gasteiger partial charge in [-0.2, -0.15) is 18.2 Å². The molecule has 4 rings (SSSR count). The smallest absolute Gasteiger partial charge is 0.435 e. The average molecular weight is 377 g/mol. The van der Waals surface area contributed by atoms with E-state index in [1.807, 2.05) is 0 Å². The van der Waals surface area contributed by atoms with Gasteiger partial charge < -0.3 is 13.9 Å². The summed E-state index contributed by atoms with van der Waals surface area (Å²) >= 11 is 0. The topological polar surface area (TPSA) is 87.6 Å². The number of oxazole rings is 1. The predicted molar refractivity (Wildman–Crippen MR) is 84.3 cm³/mol. The molecule has 11 heteroatoms. The molecule has 0 saturated carbocycles. The SMILES string of the molecule is COc1ccc(Oc2nc(-c3c(C(F)(F)F)nc4ncccn34)co2)cn1. The van der Waals surface area contributed by atoms with Crippen molar-refractivity contribution in [3.05, 3.63) is 48.7 Å². The maximum absolute atomic E-state index is 13.4. The molecule has 0 aliphatic carbocycles. The van der Waals surface area contributed by atoms with Gasteiger partial charge in [0.2, 0.25) is 11.7 Å². The Morgan fingerprint density at radius 3 is 2.70 bits per heavy atom. The Labute approximate surface area is 149 Å². The van der Waals surface area contributed by atoms with E-state index in [4.69, 9.17) is 13.9 Å². The number of fused-ring (bicyclic) bond motifs is 1. The van der Waals surface area contributed by atoms with Gasteiger partial charge in [-0.05, 0) is 12.1 Å². The second kappa shape index (κ2) is 6.27. The monoisotopic (exact) mass is 377 g/mol. The average Bonchev–Trinajstić information content (AvgIpc) is 3.26. The predicted octanol–water partition coefficient (Wildman–Crippen LogP) is 3.60. The number of halogens is 3. The number of methoxy groups -OCH3 is 1. The van der Waals surface area contributed by atoms with E-state index in [1.54, 1.807) is 12.1 Å². The van der Waals surface area contributed by atoms with Gasteiger partial charge in [0.15, 0.2) is 11.4 Å². The first-order valence-electron chi connectivity index (χ1n) is 7.50. The molecule has 0 fully saturated rings. The number of hydrogen-bond acceptors (Lipinski definition) is 7. The van der Waals surface area contributed by atoms with Crippen LogP contribution in [-0.2, 0) is 6.18 Å². The standard InChI is InChI=1S/C16H10F3N5O3/c1-25-11-4-3-9(7-21-11)27-15-22-10(8-26-15)12-13(16(17,18)19)23-14-20-5-2-6-24(12)14/h2-8H,1H3. The normalized spacial score (nSPS) is 11.7. The van der Waals surface area contributed by atoms with Crippen LogP contribution in [0.25, 0.3) is 17.2 Å². The molecule has 4 aromatic heterocycles. The molecule has 27 heavy (non-hydrogen) atoms. The lowest BCUT2D eigenvalue weighted by Crippen LogP contribution is -2.07. The Kier molecular flexibility index (Phi) is 3.90. The molecule has 0 amide bonds. The van der Waals surface area contributed by atoms with Crippen molar-refractivity contribution in [1.82, 2.24) is 24.3 Å². The molecular formula is C16H10F3N5O3. The second-order valence-corrected chi connectivity index (χ2v) is 5.23. The zero-order valence-electron chi connectivity index (χ0n) is 13.6. The molecule has 138 valence electrons. The summed E-state index contributed by atoms with van der Waals surface area (Å²) < 4.78 is 56.8. The van der Waals surface area contributed by atoms with Crippen LogP contribution in [0.2, 0.25) is 0 Å². The summed E-state index contributed by atoms with van der Waals surface area (Å²) in [5.41, 5.74) is -1.51. The number of aromatic nitrogens is 5. The van der Waals surface area contributed by atoms with E-state index in [9.17, 15) is 13.2 Å². The summed E-state index contributed by atoms with van der Waals surface area (Å²) in [6, 6.07) is 4.59. The first kappa shape index (κ1) is 16.8. The van der Waals surface area contributed by atoms with Crippen LogP contribution in [0.15, 0.2) is 47.5 Å². The van der Waals surface area contributed by atoms with Crippen molar-refractivity contribution in [3.63, 3.8) is 0 Å².